The molecule has 0 saturated carbocycles. The third-order valence-electron chi connectivity index (χ3n) is 0. The van der Waals surface area contributed by atoms with Gasteiger partial charge in [-0.05, 0) is 0 Å². The second kappa shape index (κ2) is 15.6. The fourth-order valence-electron chi connectivity index (χ4n) is 0. The van der Waals surface area contributed by atoms with E-state index in [0.29, 0.717) is 0 Å². The normalized spacial score (nSPS) is 0. The van der Waals surface area contributed by atoms with Crippen LogP contribution in [0.25, 0.3) is 0 Å². The molecule has 0 unspecified atom stereocenters. The first-order valence-corrected chi connectivity index (χ1v) is 0. The second-order valence-corrected chi connectivity index (χ2v) is 0. The molecule has 0 atom stereocenters. The van der Waals surface area contributed by atoms with Crippen molar-refractivity contribution in [3.05, 3.63) is 0 Å². The molecule has 0 bridgehead atoms. The van der Waals surface area contributed by atoms with E-state index in [-0.39, 0.29) is 147 Å². The van der Waals surface area contributed by atoms with Crippen LogP contribution in [0.4, 0.5) is 0 Å². The predicted octanol–water partition coefficient (Wildman–Crippen LogP) is -5.77. The van der Waals surface area contributed by atoms with Gasteiger partial charge < -0.3 is 2.85 Å². The molecule has 4 heteroatoms. The summed E-state index contributed by atoms with van der Waals surface area (Å²) in [5.74, 6) is 0. The summed E-state index contributed by atoms with van der Waals surface area (Å²) in [6, 6.07) is 0. The first-order valence-electron chi connectivity index (χ1n) is 0. The standard InChI is InChI=1S/Ce.K.Na.Ti.2H/q;2*+1;;2*-1. The molecule has 0 spiro atoms. The quantitative estimate of drug-likeness (QED) is 0.377. The van der Waals surface area contributed by atoms with E-state index < -0.39 is 0 Å². The molecule has 0 amide bonds. The van der Waals surface area contributed by atoms with E-state index in [2.05, 4.69) is 0 Å². The smallest absolute Gasteiger partial charge is 1.00 e. The zero-order valence-electron chi connectivity index (χ0n) is 5.00. The van der Waals surface area contributed by atoms with Gasteiger partial charge in [0, 0.05) is 63.5 Å². The van der Waals surface area contributed by atoms with Crippen LogP contribution in [0.15, 0.2) is 0 Å². The molecule has 0 aromatic heterocycles. The minimum Gasteiger partial charge on any atom is -1.00 e. The molecule has 0 aliphatic carbocycles. The first-order chi connectivity index (χ1) is 0. The van der Waals surface area contributed by atoms with E-state index in [1.807, 2.05) is 0 Å². The molecule has 0 nitrogen and oxygen atoms in total. The Morgan fingerprint density at radius 3 is 1.25 bits per heavy atom. The minimum atomic E-state index is 0. The molecule has 0 fully saturated rings. The number of rotatable bonds is 0. The maximum Gasteiger partial charge on any atom is 1.00 e. The van der Waals surface area contributed by atoms with Crippen molar-refractivity contribution in [2.45, 2.75) is 0 Å². The summed E-state index contributed by atoms with van der Waals surface area (Å²) in [7, 11) is 0. The van der Waals surface area contributed by atoms with Gasteiger partial charge >= 0.3 is 80.9 Å². The van der Waals surface area contributed by atoms with Gasteiger partial charge in [-0.2, -0.15) is 0 Å². The van der Waals surface area contributed by atoms with Crippen LogP contribution in [-0.4, -0.2) is 0 Å². The zero-order chi connectivity index (χ0) is 0. The van der Waals surface area contributed by atoms with Crippen molar-refractivity contribution in [1.82, 2.24) is 0 Å². The van der Waals surface area contributed by atoms with Gasteiger partial charge in [0.25, 0.3) is 0 Å². The van der Waals surface area contributed by atoms with Crippen LogP contribution in [0.5, 0.6) is 0 Å². The van der Waals surface area contributed by atoms with Gasteiger partial charge in [-0.3, -0.25) is 0 Å². The number of hydrogen-bond acceptors (Lipinski definition) is 0. The number of hydrogen-bond donors (Lipinski definition) is 0. The Labute approximate surface area is 143 Å². The predicted molar refractivity (Wildman–Crippen MR) is 2.22 cm³/mol. The maximum atomic E-state index is 0. The molecule has 0 rings (SSSR count). The SMILES string of the molecule is [Ce].[H-].[H-].[K+].[Na+].[Ti]. The van der Waals surface area contributed by atoms with Crippen LogP contribution >= 0.6 is 0 Å². The summed E-state index contributed by atoms with van der Waals surface area (Å²) in [6.07, 6.45) is 0. The fourth-order valence-corrected chi connectivity index (χ4v) is 0. The summed E-state index contributed by atoms with van der Waals surface area (Å²) in [5.41, 5.74) is 0. The van der Waals surface area contributed by atoms with Crippen LogP contribution in [-0.2, 0) is 21.7 Å². The molecule has 0 aliphatic rings. The van der Waals surface area contributed by atoms with Crippen molar-refractivity contribution >= 4 is 0 Å². The van der Waals surface area contributed by atoms with E-state index in [1.54, 1.807) is 0 Å². The van der Waals surface area contributed by atoms with Crippen LogP contribution in [0.2, 0.25) is 0 Å². The molecule has 4 heavy (non-hydrogen) atoms. The molecule has 0 radical (unpaired) electrons. The Bertz CT molecular complexity index is 13.5. The molecule has 0 aromatic carbocycles. The summed E-state index contributed by atoms with van der Waals surface area (Å²) in [6.45, 7) is 0. The Morgan fingerprint density at radius 2 is 1.25 bits per heavy atom. The third-order valence-corrected chi connectivity index (χ3v) is 0. The molecule has 0 aliphatic heterocycles. The van der Waals surface area contributed by atoms with Gasteiger partial charge in [-0.1, -0.05) is 0 Å². The maximum absolute atomic E-state index is 0. The molecular formula is H2CeKNaTi. The van der Waals surface area contributed by atoms with Crippen LogP contribution in [0.1, 0.15) is 2.85 Å². The van der Waals surface area contributed by atoms with Crippen molar-refractivity contribution in [2.75, 3.05) is 0 Å². The van der Waals surface area contributed by atoms with Gasteiger partial charge in [0.1, 0.15) is 0 Å². The Hall–Kier alpha value is 4.73. The van der Waals surface area contributed by atoms with Gasteiger partial charge in [0.2, 0.25) is 0 Å². The molecule has 12 valence electrons. The molecule has 0 saturated heterocycles. The largest absolute Gasteiger partial charge is 1.00 e. The third kappa shape index (κ3) is 9.87. The van der Waals surface area contributed by atoms with Crippen LogP contribution in [0.3, 0.4) is 0 Å². The van der Waals surface area contributed by atoms with E-state index >= 15 is 0 Å². The average Bonchev–Trinajstić information content (AvgIpc) is 0. The summed E-state index contributed by atoms with van der Waals surface area (Å²) in [4.78, 5) is 0. The average molecular weight is 252 g/mol. The Kier molecular flexibility index (Phi) is 91.2. The molecular weight excluding hydrogens is 250 g/mol. The summed E-state index contributed by atoms with van der Waals surface area (Å²) >= 11 is 0. The molecule has 0 aromatic rings. The van der Waals surface area contributed by atoms with E-state index in [9.17, 15) is 0 Å². The topological polar surface area (TPSA) is 0 Å². The van der Waals surface area contributed by atoms with Crippen molar-refractivity contribution in [3.63, 3.8) is 0 Å². The van der Waals surface area contributed by atoms with E-state index in [0.717, 1.165) is 0 Å². The van der Waals surface area contributed by atoms with Crippen molar-refractivity contribution in [3.8, 4) is 0 Å². The second-order valence-electron chi connectivity index (χ2n) is 0. The van der Waals surface area contributed by atoms with Crippen molar-refractivity contribution in [2.24, 2.45) is 0 Å². The van der Waals surface area contributed by atoms with Crippen molar-refractivity contribution < 1.29 is 147 Å². The summed E-state index contributed by atoms with van der Waals surface area (Å²) < 4.78 is 0. The zero-order valence-corrected chi connectivity index (χ0v) is 12.8. The first kappa shape index (κ1) is 23.3. The van der Waals surface area contributed by atoms with E-state index in [4.69, 9.17) is 0 Å². The van der Waals surface area contributed by atoms with Gasteiger partial charge in [-0.25, -0.2) is 0 Å². The van der Waals surface area contributed by atoms with Crippen molar-refractivity contribution in [1.29, 1.82) is 0 Å². The Morgan fingerprint density at radius 1 is 1.25 bits per heavy atom. The van der Waals surface area contributed by atoms with Gasteiger partial charge in [0.15, 0.2) is 0 Å². The van der Waals surface area contributed by atoms with E-state index in [1.165, 1.54) is 0 Å². The van der Waals surface area contributed by atoms with Crippen LogP contribution < -0.4 is 80.9 Å². The molecule has 0 N–H and O–H groups in total. The Balaban J connectivity index is 0. The van der Waals surface area contributed by atoms with Gasteiger partial charge in [0.05, 0.1) is 0 Å². The monoisotopic (exact) mass is 252 g/mol. The fraction of sp³-hybridized carbons (Fsp3) is 0. The molecule has 0 heterocycles. The summed E-state index contributed by atoms with van der Waals surface area (Å²) in [5, 5.41) is 0. The van der Waals surface area contributed by atoms with Crippen LogP contribution in [0, 0.1) is 41.7 Å². The minimum absolute atomic E-state index is 0. The van der Waals surface area contributed by atoms with Gasteiger partial charge in [-0.15, -0.1) is 0 Å².